The van der Waals surface area contributed by atoms with E-state index in [0.29, 0.717) is 0 Å². The summed E-state index contributed by atoms with van der Waals surface area (Å²) in [6.07, 6.45) is 8.76. The average Bonchev–Trinajstić information content (AvgIpc) is 3.11. The molecule has 0 heteroatoms. The first-order valence-electron chi connectivity index (χ1n) is 10.9. The average molecular weight is 405 g/mol. The van der Waals surface area contributed by atoms with E-state index < -0.39 is 0 Å². The zero-order valence-corrected chi connectivity index (χ0v) is 17.5. The van der Waals surface area contributed by atoms with Crippen molar-refractivity contribution in [2.75, 3.05) is 0 Å². The second kappa shape index (κ2) is 7.73. The maximum atomic E-state index is 3.62. The lowest BCUT2D eigenvalue weighted by Crippen LogP contribution is -1.92. The summed E-state index contributed by atoms with van der Waals surface area (Å²) in [5.74, 6) is 0. The number of fused-ring (bicyclic) bond motifs is 4. The molecular weight excluding hydrogens is 384 g/mol. The zero-order valence-electron chi connectivity index (χ0n) is 17.5. The molecule has 0 amide bonds. The SMILES string of the molecule is C(=C=C1c2ccccc2C=Cc2ccccc21)=C1c2ccccc2C=Cc2ccccc21. The first-order valence-corrected chi connectivity index (χ1v) is 10.9. The molecule has 2 aliphatic rings. The molecular formula is C32H20. The third kappa shape index (κ3) is 3.13. The molecule has 148 valence electrons. The van der Waals surface area contributed by atoms with Gasteiger partial charge in [-0.2, -0.15) is 0 Å². The van der Waals surface area contributed by atoms with E-state index in [4.69, 9.17) is 0 Å². The molecule has 0 aromatic heterocycles. The molecule has 2 aliphatic carbocycles. The molecule has 32 heavy (non-hydrogen) atoms. The fourth-order valence-corrected chi connectivity index (χ4v) is 4.52. The van der Waals surface area contributed by atoms with Gasteiger partial charge < -0.3 is 0 Å². The van der Waals surface area contributed by atoms with Crippen molar-refractivity contribution in [1.82, 2.24) is 0 Å². The summed E-state index contributed by atoms with van der Waals surface area (Å²) >= 11 is 0. The molecule has 0 radical (unpaired) electrons. The summed E-state index contributed by atoms with van der Waals surface area (Å²) in [6.45, 7) is 0. The smallest absolute Gasteiger partial charge is 0.0405 e. The van der Waals surface area contributed by atoms with Gasteiger partial charge in [0.15, 0.2) is 0 Å². The largest absolute Gasteiger partial charge is 0.0616 e. The standard InChI is InChI=1S/C32H20/c1-5-13-27-23(9-1)17-18-24-10-2-6-14-28(24)31(27)21-22-32-29-15-7-3-11-25(29)19-20-26-12-4-8-16-30(26)32/h1-20H. The molecule has 0 bridgehead atoms. The third-order valence-electron chi connectivity index (χ3n) is 6.12. The normalized spacial score (nSPS) is 13.0. The highest BCUT2D eigenvalue weighted by molar-refractivity contribution is 5.96. The minimum Gasteiger partial charge on any atom is -0.0616 e. The van der Waals surface area contributed by atoms with Crippen molar-refractivity contribution >= 4 is 35.5 Å². The molecule has 0 heterocycles. The van der Waals surface area contributed by atoms with Gasteiger partial charge in [0.2, 0.25) is 0 Å². The molecule has 0 fully saturated rings. The van der Waals surface area contributed by atoms with E-state index >= 15 is 0 Å². The summed E-state index contributed by atoms with van der Waals surface area (Å²) in [5, 5.41) is 0. The quantitative estimate of drug-likeness (QED) is 0.225. The van der Waals surface area contributed by atoms with Gasteiger partial charge in [-0.05, 0) is 44.5 Å². The number of hydrogen-bond acceptors (Lipinski definition) is 0. The molecule has 6 rings (SSSR count). The second-order valence-corrected chi connectivity index (χ2v) is 8.02. The van der Waals surface area contributed by atoms with Crippen molar-refractivity contribution in [2.45, 2.75) is 0 Å². The Morgan fingerprint density at radius 1 is 0.312 bits per heavy atom. The molecule has 0 atom stereocenters. The first kappa shape index (κ1) is 18.4. The molecule has 4 aromatic rings. The van der Waals surface area contributed by atoms with Gasteiger partial charge in [0.25, 0.3) is 0 Å². The maximum absolute atomic E-state index is 3.62. The fourth-order valence-electron chi connectivity index (χ4n) is 4.52. The van der Waals surface area contributed by atoms with Crippen LogP contribution in [-0.4, -0.2) is 0 Å². The third-order valence-corrected chi connectivity index (χ3v) is 6.12. The summed E-state index contributed by atoms with van der Waals surface area (Å²) < 4.78 is 0. The van der Waals surface area contributed by atoms with Crippen LogP contribution in [0.3, 0.4) is 0 Å². The van der Waals surface area contributed by atoms with Crippen LogP contribution in [0.25, 0.3) is 35.5 Å². The van der Waals surface area contributed by atoms with Crippen LogP contribution in [-0.2, 0) is 0 Å². The summed E-state index contributed by atoms with van der Waals surface area (Å²) in [7, 11) is 0. The number of hydrogen-bond donors (Lipinski definition) is 0. The Labute approximate surface area is 188 Å². The molecule has 0 saturated heterocycles. The minimum absolute atomic E-state index is 1.07. The van der Waals surface area contributed by atoms with E-state index in [2.05, 4.69) is 133 Å². The number of benzene rings is 4. The Morgan fingerprint density at radius 2 is 0.562 bits per heavy atom. The van der Waals surface area contributed by atoms with Crippen LogP contribution in [0.1, 0.15) is 44.5 Å². The van der Waals surface area contributed by atoms with Gasteiger partial charge in [-0.25, -0.2) is 0 Å². The van der Waals surface area contributed by atoms with Crippen LogP contribution in [0.5, 0.6) is 0 Å². The van der Waals surface area contributed by atoms with Crippen LogP contribution in [0.4, 0.5) is 0 Å². The topological polar surface area (TPSA) is 0 Å². The zero-order chi connectivity index (χ0) is 21.3. The molecule has 0 spiro atoms. The fraction of sp³-hybridized carbons (Fsp3) is 0. The Hall–Kier alpha value is -4.34. The van der Waals surface area contributed by atoms with Crippen molar-refractivity contribution in [3.05, 3.63) is 153 Å². The highest BCUT2D eigenvalue weighted by atomic mass is 14.2. The summed E-state index contributed by atoms with van der Waals surface area (Å²) in [4.78, 5) is 0. The van der Waals surface area contributed by atoms with Gasteiger partial charge in [0.1, 0.15) is 0 Å². The molecule has 4 aromatic carbocycles. The highest BCUT2D eigenvalue weighted by Gasteiger charge is 2.16. The van der Waals surface area contributed by atoms with Crippen LogP contribution in [0, 0.1) is 0 Å². The van der Waals surface area contributed by atoms with Gasteiger partial charge in [0, 0.05) is 11.1 Å². The van der Waals surface area contributed by atoms with E-state index in [1.165, 1.54) is 44.5 Å². The predicted molar refractivity (Wildman–Crippen MR) is 136 cm³/mol. The van der Waals surface area contributed by atoms with Crippen molar-refractivity contribution < 1.29 is 0 Å². The molecule has 0 N–H and O–H groups in total. The van der Waals surface area contributed by atoms with Crippen LogP contribution < -0.4 is 0 Å². The first-order chi connectivity index (χ1) is 15.9. The molecule has 0 saturated carbocycles. The lowest BCUT2D eigenvalue weighted by atomic mass is 9.92. The van der Waals surface area contributed by atoms with Crippen molar-refractivity contribution in [1.29, 1.82) is 0 Å². The van der Waals surface area contributed by atoms with E-state index in [1.807, 2.05) is 0 Å². The highest BCUT2D eigenvalue weighted by Crippen LogP contribution is 2.35. The molecule has 0 unspecified atom stereocenters. The van der Waals surface area contributed by atoms with Crippen molar-refractivity contribution in [3.63, 3.8) is 0 Å². The van der Waals surface area contributed by atoms with E-state index in [0.717, 1.165) is 11.1 Å². The Kier molecular flexibility index (Phi) is 4.45. The maximum Gasteiger partial charge on any atom is 0.0405 e. The Bertz CT molecular complexity index is 1310. The van der Waals surface area contributed by atoms with Gasteiger partial charge in [0.05, 0.1) is 0 Å². The van der Waals surface area contributed by atoms with Crippen molar-refractivity contribution in [3.8, 4) is 0 Å². The summed E-state index contributed by atoms with van der Waals surface area (Å²) in [5.41, 5.74) is 18.9. The number of rotatable bonds is 0. The van der Waals surface area contributed by atoms with E-state index in [1.54, 1.807) is 0 Å². The monoisotopic (exact) mass is 404 g/mol. The van der Waals surface area contributed by atoms with Crippen LogP contribution >= 0.6 is 0 Å². The molecule has 0 nitrogen and oxygen atoms in total. The lowest BCUT2D eigenvalue weighted by molar-refractivity contribution is 1.52. The van der Waals surface area contributed by atoms with E-state index in [9.17, 15) is 0 Å². The van der Waals surface area contributed by atoms with Gasteiger partial charge in [-0.15, -0.1) is 0 Å². The minimum atomic E-state index is 1.07. The van der Waals surface area contributed by atoms with Crippen molar-refractivity contribution in [2.24, 2.45) is 0 Å². The molecule has 0 aliphatic heterocycles. The van der Waals surface area contributed by atoms with E-state index in [-0.39, 0.29) is 0 Å². The van der Waals surface area contributed by atoms with Crippen LogP contribution in [0.15, 0.2) is 109 Å². The van der Waals surface area contributed by atoms with Gasteiger partial charge in [-0.3, -0.25) is 0 Å². The predicted octanol–water partition coefficient (Wildman–Crippen LogP) is 7.97. The lowest BCUT2D eigenvalue weighted by Gasteiger charge is -2.10. The van der Waals surface area contributed by atoms with Gasteiger partial charge >= 0.3 is 0 Å². The summed E-state index contributed by atoms with van der Waals surface area (Å²) in [6, 6.07) is 34.0. The Balaban J connectivity index is 1.73. The van der Waals surface area contributed by atoms with Crippen LogP contribution in [0.2, 0.25) is 0 Å². The van der Waals surface area contributed by atoms with Gasteiger partial charge in [-0.1, -0.05) is 133 Å². The second-order valence-electron chi connectivity index (χ2n) is 8.02. The Morgan fingerprint density at radius 3 is 0.844 bits per heavy atom.